The highest BCUT2D eigenvalue weighted by Gasteiger charge is 2.23. The minimum absolute atomic E-state index is 0.113. The van der Waals surface area contributed by atoms with Gasteiger partial charge in [0.05, 0.1) is 22.7 Å². The molecule has 0 aromatic heterocycles. The Labute approximate surface area is 198 Å². The van der Waals surface area contributed by atoms with Gasteiger partial charge in [-0.1, -0.05) is 29.3 Å². The van der Waals surface area contributed by atoms with Gasteiger partial charge in [-0.25, -0.2) is 0 Å². The molecule has 1 fully saturated rings. The maximum Gasteiger partial charge on any atom is 0.252 e. The first-order valence-corrected chi connectivity index (χ1v) is 11.3. The Morgan fingerprint density at radius 1 is 1.25 bits per heavy atom. The number of nitrogens with zero attached hydrogens (tertiary/aromatic N) is 1. The topological polar surface area (TPSA) is 111 Å². The Balaban J connectivity index is 1.49. The maximum atomic E-state index is 11.7. The molecule has 174 valence electrons. The number of halogens is 2. The number of ether oxygens (including phenoxy) is 2. The number of carbonyl (C=O) groups is 1. The van der Waals surface area contributed by atoms with Crippen LogP contribution in [0.3, 0.4) is 0 Å². The smallest absolute Gasteiger partial charge is 0.252 e. The van der Waals surface area contributed by atoms with Crippen molar-refractivity contribution in [3.8, 4) is 11.5 Å². The number of para-hydroxylation sites is 1. The van der Waals surface area contributed by atoms with E-state index in [9.17, 15) is 9.90 Å². The number of anilines is 1. The molecule has 0 bridgehead atoms. The molecule has 3 rings (SSSR count). The summed E-state index contributed by atoms with van der Waals surface area (Å²) < 4.78 is 10.8. The molecule has 1 atom stereocenters. The second-order valence-corrected chi connectivity index (χ2v) is 8.89. The summed E-state index contributed by atoms with van der Waals surface area (Å²) in [6, 6.07) is 8.53. The number of amides is 1. The van der Waals surface area contributed by atoms with Crippen LogP contribution in [-0.4, -0.2) is 55.4 Å². The predicted molar refractivity (Wildman–Crippen MR) is 127 cm³/mol. The molecule has 2 aromatic carbocycles. The molecule has 9 heteroatoms. The molecule has 1 aliphatic heterocycles. The summed E-state index contributed by atoms with van der Waals surface area (Å²) in [4.78, 5) is 13.9. The lowest BCUT2D eigenvalue weighted by Gasteiger charge is -2.33. The highest BCUT2D eigenvalue weighted by molar-refractivity contribution is 6.37. The van der Waals surface area contributed by atoms with Gasteiger partial charge in [-0.2, -0.15) is 0 Å². The van der Waals surface area contributed by atoms with Gasteiger partial charge in [-0.3, -0.25) is 4.79 Å². The van der Waals surface area contributed by atoms with Gasteiger partial charge in [0.2, 0.25) is 0 Å². The summed E-state index contributed by atoms with van der Waals surface area (Å²) in [6.07, 6.45) is 2.03. The quantitative estimate of drug-likeness (QED) is 0.473. The van der Waals surface area contributed by atoms with Gasteiger partial charge >= 0.3 is 0 Å². The zero-order valence-corrected chi connectivity index (χ0v) is 19.5. The van der Waals surface area contributed by atoms with Crippen LogP contribution in [0.2, 0.25) is 10.0 Å². The third kappa shape index (κ3) is 6.19. The van der Waals surface area contributed by atoms with Crippen molar-refractivity contribution in [3.63, 3.8) is 0 Å². The molecule has 7 nitrogen and oxygen atoms in total. The number of aliphatic hydroxyl groups excluding tert-OH is 1. The lowest BCUT2D eigenvalue weighted by Crippen LogP contribution is -2.41. The van der Waals surface area contributed by atoms with E-state index in [4.69, 9.17) is 44.1 Å². The number of benzene rings is 2. The van der Waals surface area contributed by atoms with Crippen molar-refractivity contribution in [1.82, 2.24) is 4.90 Å². The highest BCUT2D eigenvalue weighted by Crippen LogP contribution is 2.33. The normalized spacial score (nSPS) is 16.0. The van der Waals surface area contributed by atoms with Crippen molar-refractivity contribution < 1.29 is 19.4 Å². The number of hydrogen-bond acceptors (Lipinski definition) is 6. The number of piperidine rings is 1. The van der Waals surface area contributed by atoms with E-state index in [1.165, 1.54) is 7.11 Å². The van der Waals surface area contributed by atoms with E-state index in [1.54, 1.807) is 30.3 Å². The van der Waals surface area contributed by atoms with Crippen LogP contribution in [0.4, 0.5) is 5.69 Å². The van der Waals surface area contributed by atoms with Crippen molar-refractivity contribution in [2.75, 3.05) is 39.1 Å². The van der Waals surface area contributed by atoms with Gasteiger partial charge in [0, 0.05) is 18.3 Å². The van der Waals surface area contributed by atoms with Gasteiger partial charge < -0.3 is 30.9 Å². The average molecular weight is 482 g/mol. The fourth-order valence-corrected chi connectivity index (χ4v) is 4.52. The van der Waals surface area contributed by atoms with Crippen LogP contribution in [0.15, 0.2) is 30.3 Å². The number of primary amides is 1. The number of methoxy groups -OCH3 is 1. The largest absolute Gasteiger partial charge is 0.496 e. The van der Waals surface area contributed by atoms with Crippen LogP contribution < -0.4 is 20.9 Å². The molecule has 1 heterocycles. The number of nitrogen functional groups attached to an aromatic ring is 1. The van der Waals surface area contributed by atoms with Crippen LogP contribution >= 0.6 is 23.2 Å². The van der Waals surface area contributed by atoms with E-state index >= 15 is 0 Å². The number of nitrogens with two attached hydrogens (primary N) is 2. The van der Waals surface area contributed by atoms with E-state index in [0.717, 1.165) is 37.9 Å². The standard InChI is InChI=1S/C23H29Cl2N3O4/c1-31-21-11-20(26)15(10-17(21)23(27)30)9-14-5-7-28(8-6-14)12-16(29)13-32-22-18(24)3-2-4-19(22)25/h2-4,10-11,14,16,29H,5-9,12-13,26H2,1H3,(H2,27,30). The Bertz CT molecular complexity index is 929. The van der Waals surface area contributed by atoms with E-state index in [1.807, 2.05) is 0 Å². The molecule has 32 heavy (non-hydrogen) atoms. The Hall–Kier alpha value is -2.19. The summed E-state index contributed by atoms with van der Waals surface area (Å²) in [5, 5.41) is 11.2. The predicted octanol–water partition coefficient (Wildman–Crippen LogP) is 3.38. The molecule has 1 saturated heterocycles. The number of likely N-dealkylation sites (tertiary alicyclic amines) is 1. The monoisotopic (exact) mass is 481 g/mol. The lowest BCUT2D eigenvalue weighted by molar-refractivity contribution is 0.0551. The van der Waals surface area contributed by atoms with Crippen molar-refractivity contribution in [1.29, 1.82) is 0 Å². The molecule has 0 radical (unpaired) electrons. The Kier molecular flexibility index (Phi) is 8.48. The second-order valence-electron chi connectivity index (χ2n) is 8.08. The SMILES string of the molecule is COc1cc(N)c(CC2CCN(CC(O)COc3c(Cl)cccc3Cl)CC2)cc1C(N)=O. The number of aliphatic hydroxyl groups is 1. The third-order valence-corrected chi connectivity index (χ3v) is 6.35. The summed E-state index contributed by atoms with van der Waals surface area (Å²) in [6.45, 7) is 2.33. The molecule has 5 N–H and O–H groups in total. The van der Waals surface area contributed by atoms with Crippen molar-refractivity contribution in [2.24, 2.45) is 11.7 Å². The van der Waals surface area contributed by atoms with E-state index < -0.39 is 12.0 Å². The average Bonchev–Trinajstić information content (AvgIpc) is 2.75. The van der Waals surface area contributed by atoms with E-state index in [0.29, 0.717) is 45.3 Å². The minimum Gasteiger partial charge on any atom is -0.496 e. The van der Waals surface area contributed by atoms with Crippen LogP contribution in [0, 0.1) is 5.92 Å². The maximum absolute atomic E-state index is 11.7. The van der Waals surface area contributed by atoms with Crippen molar-refractivity contribution >= 4 is 34.8 Å². The minimum atomic E-state index is -0.658. The summed E-state index contributed by atoms with van der Waals surface area (Å²) in [5.74, 6) is 0.675. The second kappa shape index (κ2) is 11.1. The molecule has 0 aliphatic carbocycles. The van der Waals surface area contributed by atoms with Crippen molar-refractivity contribution in [3.05, 3.63) is 51.5 Å². The van der Waals surface area contributed by atoms with Gasteiger partial charge in [-0.05, 0) is 62.0 Å². The zero-order valence-electron chi connectivity index (χ0n) is 18.0. The molecule has 1 unspecified atom stereocenters. The van der Waals surface area contributed by atoms with Gasteiger partial charge in [0.25, 0.3) is 5.91 Å². The first-order valence-electron chi connectivity index (χ1n) is 10.5. The summed E-state index contributed by atoms with van der Waals surface area (Å²) in [5.41, 5.74) is 13.5. The molecule has 0 saturated carbocycles. The zero-order chi connectivity index (χ0) is 23.3. The first kappa shape index (κ1) is 24.5. The number of β-amino-alcohol motifs (C(OH)–C–C–N with tert-alkyl or cyclic N) is 1. The van der Waals surface area contributed by atoms with Crippen LogP contribution in [0.1, 0.15) is 28.8 Å². The summed E-state index contributed by atoms with van der Waals surface area (Å²) in [7, 11) is 1.49. The molecular formula is C23H29Cl2N3O4. The molecule has 1 amide bonds. The molecule has 0 spiro atoms. The van der Waals surface area contributed by atoms with Crippen LogP contribution in [0.25, 0.3) is 0 Å². The van der Waals surface area contributed by atoms with Gasteiger partial charge in [0.15, 0.2) is 5.75 Å². The number of carbonyl (C=O) groups excluding carboxylic acids is 1. The van der Waals surface area contributed by atoms with E-state index in [-0.39, 0.29) is 6.61 Å². The third-order valence-electron chi connectivity index (χ3n) is 5.75. The fourth-order valence-electron chi connectivity index (χ4n) is 4.01. The van der Waals surface area contributed by atoms with Crippen LogP contribution in [0.5, 0.6) is 11.5 Å². The highest BCUT2D eigenvalue weighted by atomic mass is 35.5. The van der Waals surface area contributed by atoms with Gasteiger partial charge in [0.1, 0.15) is 18.5 Å². The lowest BCUT2D eigenvalue weighted by atomic mass is 9.88. The molecule has 1 aliphatic rings. The first-order chi connectivity index (χ1) is 15.3. The number of rotatable bonds is 9. The van der Waals surface area contributed by atoms with Gasteiger partial charge in [-0.15, -0.1) is 0 Å². The van der Waals surface area contributed by atoms with E-state index in [2.05, 4.69) is 4.90 Å². The van der Waals surface area contributed by atoms with Crippen LogP contribution in [-0.2, 0) is 6.42 Å². The number of hydrogen-bond donors (Lipinski definition) is 3. The summed E-state index contributed by atoms with van der Waals surface area (Å²) >= 11 is 12.2. The van der Waals surface area contributed by atoms with Crippen molar-refractivity contribution in [2.45, 2.75) is 25.4 Å². The fraction of sp³-hybridized carbons (Fsp3) is 0.435. The Morgan fingerprint density at radius 2 is 1.91 bits per heavy atom. The Morgan fingerprint density at radius 3 is 2.50 bits per heavy atom. The molecular weight excluding hydrogens is 453 g/mol. The molecule has 2 aromatic rings.